The van der Waals surface area contributed by atoms with E-state index in [0.717, 1.165) is 0 Å². The van der Waals surface area contributed by atoms with E-state index in [1.165, 1.54) is 17.7 Å². The predicted octanol–water partition coefficient (Wildman–Crippen LogP) is 3.42. The normalized spacial score (nSPS) is 28.8. The molecule has 13 heavy (non-hydrogen) atoms. The highest BCUT2D eigenvalue weighted by atomic mass is 32.1. The molecule has 1 saturated heterocycles. The summed E-state index contributed by atoms with van der Waals surface area (Å²) in [6.45, 7) is 4.49. The number of rotatable bonds is 4. The Morgan fingerprint density at radius 3 is 2.92 bits per heavy atom. The molecular formula is C11H16OS. The second-order valence-electron chi connectivity index (χ2n) is 3.77. The maximum atomic E-state index is 5.54. The van der Waals surface area contributed by atoms with Crippen molar-refractivity contribution in [2.45, 2.75) is 44.8 Å². The molecule has 2 heterocycles. The Kier molecular flexibility index (Phi) is 2.70. The molecule has 1 nitrogen and oxygen atoms in total. The zero-order valence-corrected chi connectivity index (χ0v) is 9.01. The van der Waals surface area contributed by atoms with Crippen LogP contribution >= 0.6 is 11.3 Å². The van der Waals surface area contributed by atoms with Crippen LogP contribution in [-0.4, -0.2) is 12.2 Å². The first-order chi connectivity index (χ1) is 6.31. The number of ether oxygens (including phenoxy) is 1. The van der Waals surface area contributed by atoms with Gasteiger partial charge in [0.2, 0.25) is 0 Å². The van der Waals surface area contributed by atoms with Crippen LogP contribution in [0.25, 0.3) is 0 Å². The summed E-state index contributed by atoms with van der Waals surface area (Å²) in [6, 6.07) is 4.35. The van der Waals surface area contributed by atoms with Crippen LogP contribution in [0.2, 0.25) is 0 Å². The molecule has 0 N–H and O–H groups in total. The van der Waals surface area contributed by atoms with Gasteiger partial charge in [0, 0.05) is 4.88 Å². The lowest BCUT2D eigenvalue weighted by Crippen LogP contribution is -1.99. The fraction of sp³-hybridized carbons (Fsp3) is 0.636. The van der Waals surface area contributed by atoms with Gasteiger partial charge in [-0.05, 0) is 30.2 Å². The van der Waals surface area contributed by atoms with Gasteiger partial charge in [-0.2, -0.15) is 0 Å². The van der Waals surface area contributed by atoms with Gasteiger partial charge in [-0.3, -0.25) is 0 Å². The summed E-state index contributed by atoms with van der Waals surface area (Å²) in [7, 11) is 0. The number of hydrogen-bond acceptors (Lipinski definition) is 2. The van der Waals surface area contributed by atoms with Crippen LogP contribution in [0.1, 0.15) is 37.5 Å². The highest BCUT2D eigenvalue weighted by Gasteiger charge is 2.37. The van der Waals surface area contributed by atoms with Gasteiger partial charge in [0.05, 0.1) is 12.2 Å². The third kappa shape index (κ3) is 2.12. The maximum absolute atomic E-state index is 5.54. The van der Waals surface area contributed by atoms with Crippen LogP contribution in [-0.2, 0) is 4.74 Å². The van der Waals surface area contributed by atoms with Gasteiger partial charge in [0.15, 0.2) is 0 Å². The molecule has 0 saturated carbocycles. The summed E-state index contributed by atoms with van der Waals surface area (Å²) in [5.41, 5.74) is 0. The zero-order chi connectivity index (χ0) is 9.26. The smallest absolute Gasteiger partial charge is 0.0847 e. The molecule has 1 aliphatic rings. The van der Waals surface area contributed by atoms with Crippen LogP contribution in [0, 0.1) is 0 Å². The van der Waals surface area contributed by atoms with Crippen molar-refractivity contribution >= 4 is 11.3 Å². The third-order valence-corrected chi connectivity index (χ3v) is 3.81. The topological polar surface area (TPSA) is 12.5 Å². The van der Waals surface area contributed by atoms with E-state index in [1.54, 1.807) is 0 Å². The second kappa shape index (κ2) is 3.81. The molecule has 3 unspecified atom stereocenters. The molecule has 0 spiro atoms. The molecule has 0 aromatic carbocycles. The molecule has 1 aliphatic heterocycles. The molecule has 0 radical (unpaired) electrons. The van der Waals surface area contributed by atoms with Crippen LogP contribution in [0.3, 0.4) is 0 Å². The van der Waals surface area contributed by atoms with E-state index in [1.807, 2.05) is 11.3 Å². The van der Waals surface area contributed by atoms with E-state index in [2.05, 4.69) is 31.4 Å². The highest BCUT2D eigenvalue weighted by molar-refractivity contribution is 7.10. The molecule has 0 amide bonds. The summed E-state index contributed by atoms with van der Waals surface area (Å²) >= 11 is 1.85. The van der Waals surface area contributed by atoms with Crippen molar-refractivity contribution in [2.75, 3.05) is 0 Å². The lowest BCUT2D eigenvalue weighted by molar-refractivity contribution is 0.353. The third-order valence-electron chi connectivity index (χ3n) is 2.70. The van der Waals surface area contributed by atoms with Gasteiger partial charge in [-0.1, -0.05) is 19.9 Å². The van der Waals surface area contributed by atoms with Crippen LogP contribution in [0.15, 0.2) is 17.5 Å². The minimum absolute atomic E-state index is 0.544. The Hall–Kier alpha value is -0.340. The number of hydrogen-bond donors (Lipinski definition) is 0. The van der Waals surface area contributed by atoms with E-state index in [9.17, 15) is 0 Å². The van der Waals surface area contributed by atoms with Crippen molar-refractivity contribution in [1.82, 2.24) is 0 Å². The molecule has 2 heteroatoms. The molecule has 1 fully saturated rings. The molecular weight excluding hydrogens is 180 g/mol. The molecule has 2 rings (SSSR count). The van der Waals surface area contributed by atoms with Crippen molar-refractivity contribution in [3.05, 3.63) is 22.4 Å². The Balaban J connectivity index is 1.83. The number of thiophene rings is 1. The Labute approximate surface area is 83.7 Å². The van der Waals surface area contributed by atoms with E-state index in [-0.39, 0.29) is 0 Å². The molecule has 1 aromatic heterocycles. The largest absolute Gasteiger partial charge is 0.370 e. The summed E-state index contributed by atoms with van der Waals surface area (Å²) in [6.07, 6.45) is 3.46. The van der Waals surface area contributed by atoms with Gasteiger partial charge in [-0.25, -0.2) is 0 Å². The summed E-state index contributed by atoms with van der Waals surface area (Å²) in [5, 5.41) is 2.15. The second-order valence-corrected chi connectivity index (χ2v) is 4.75. The average Bonchev–Trinajstić information content (AvgIpc) is 2.68. The lowest BCUT2D eigenvalue weighted by Gasteiger charge is -2.05. The maximum Gasteiger partial charge on any atom is 0.0847 e. The monoisotopic (exact) mass is 196 g/mol. The Bertz CT molecular complexity index is 255. The predicted molar refractivity (Wildman–Crippen MR) is 56.3 cm³/mol. The zero-order valence-electron chi connectivity index (χ0n) is 8.19. The standard InChI is InChI=1S/C11H16OS/c1-3-9-10(12-9)7-8(2)11-5-4-6-13-11/h4-6,8-10H,3,7H2,1-2H3. The first kappa shape index (κ1) is 9.22. The molecule has 1 aromatic rings. The lowest BCUT2D eigenvalue weighted by atomic mass is 10.0. The van der Waals surface area contributed by atoms with Gasteiger partial charge < -0.3 is 4.74 Å². The van der Waals surface area contributed by atoms with Crippen LogP contribution in [0.5, 0.6) is 0 Å². The van der Waals surface area contributed by atoms with Crippen molar-refractivity contribution in [2.24, 2.45) is 0 Å². The van der Waals surface area contributed by atoms with Crippen LogP contribution < -0.4 is 0 Å². The van der Waals surface area contributed by atoms with Gasteiger partial charge in [0.1, 0.15) is 0 Å². The van der Waals surface area contributed by atoms with Gasteiger partial charge in [0.25, 0.3) is 0 Å². The summed E-state index contributed by atoms with van der Waals surface area (Å²) < 4.78 is 5.54. The Morgan fingerprint density at radius 1 is 1.54 bits per heavy atom. The molecule has 72 valence electrons. The average molecular weight is 196 g/mol. The number of epoxide rings is 1. The van der Waals surface area contributed by atoms with Gasteiger partial charge in [-0.15, -0.1) is 11.3 Å². The van der Waals surface area contributed by atoms with E-state index < -0.39 is 0 Å². The van der Waals surface area contributed by atoms with Crippen molar-refractivity contribution in [1.29, 1.82) is 0 Å². The van der Waals surface area contributed by atoms with E-state index in [4.69, 9.17) is 4.74 Å². The Morgan fingerprint density at radius 2 is 2.38 bits per heavy atom. The first-order valence-electron chi connectivity index (χ1n) is 5.00. The fourth-order valence-electron chi connectivity index (χ4n) is 1.78. The minimum Gasteiger partial charge on any atom is -0.370 e. The van der Waals surface area contributed by atoms with Gasteiger partial charge >= 0.3 is 0 Å². The molecule has 0 bridgehead atoms. The highest BCUT2D eigenvalue weighted by Crippen LogP contribution is 2.35. The van der Waals surface area contributed by atoms with Crippen molar-refractivity contribution in [3.8, 4) is 0 Å². The fourth-order valence-corrected chi connectivity index (χ4v) is 2.58. The summed E-state index contributed by atoms with van der Waals surface area (Å²) in [4.78, 5) is 1.49. The molecule has 3 atom stereocenters. The SMILES string of the molecule is CCC1OC1CC(C)c1cccs1. The van der Waals surface area contributed by atoms with Crippen molar-refractivity contribution < 1.29 is 4.74 Å². The van der Waals surface area contributed by atoms with E-state index in [0.29, 0.717) is 18.1 Å². The van der Waals surface area contributed by atoms with Crippen molar-refractivity contribution in [3.63, 3.8) is 0 Å². The molecule has 0 aliphatic carbocycles. The van der Waals surface area contributed by atoms with E-state index >= 15 is 0 Å². The van der Waals surface area contributed by atoms with Crippen LogP contribution in [0.4, 0.5) is 0 Å². The quantitative estimate of drug-likeness (QED) is 0.672. The minimum atomic E-state index is 0.544. The first-order valence-corrected chi connectivity index (χ1v) is 5.88. The summed E-state index contributed by atoms with van der Waals surface area (Å²) in [5.74, 6) is 0.668.